The lowest BCUT2D eigenvalue weighted by molar-refractivity contribution is 0.190. The lowest BCUT2D eigenvalue weighted by Crippen LogP contribution is -2.45. The van der Waals surface area contributed by atoms with Gasteiger partial charge in [0.05, 0.1) is 0 Å². The molecule has 0 bridgehead atoms. The first-order valence-electron chi connectivity index (χ1n) is 7.97. The predicted octanol–water partition coefficient (Wildman–Crippen LogP) is 4.66. The molecule has 2 fully saturated rings. The van der Waals surface area contributed by atoms with Gasteiger partial charge in [-0.25, -0.2) is 4.79 Å². The van der Waals surface area contributed by atoms with E-state index in [0.717, 1.165) is 22.6 Å². The second-order valence-corrected chi connectivity index (χ2v) is 7.18. The Morgan fingerprint density at radius 3 is 2.62 bits per heavy atom. The lowest BCUT2D eigenvalue weighted by atomic mass is 9.96. The van der Waals surface area contributed by atoms with Crippen LogP contribution in [0, 0.1) is 5.92 Å². The van der Waals surface area contributed by atoms with Gasteiger partial charge in [-0.15, -0.1) is 0 Å². The first kappa shape index (κ1) is 14.9. The average molecular weight is 351 g/mol. The molecule has 3 nitrogen and oxygen atoms in total. The zero-order valence-corrected chi connectivity index (χ0v) is 14.2. The van der Waals surface area contributed by atoms with Crippen molar-refractivity contribution in [3.8, 4) is 0 Å². The van der Waals surface area contributed by atoms with Crippen LogP contribution in [-0.4, -0.2) is 30.6 Å². The number of fused-ring (bicyclic) bond motifs is 1. The minimum absolute atomic E-state index is 0.159. The van der Waals surface area contributed by atoms with Crippen molar-refractivity contribution in [3.05, 3.63) is 28.7 Å². The summed E-state index contributed by atoms with van der Waals surface area (Å²) >= 11 is 3.44. The van der Waals surface area contributed by atoms with E-state index in [1.807, 2.05) is 31.3 Å². The van der Waals surface area contributed by atoms with Gasteiger partial charge in [0.2, 0.25) is 0 Å². The molecule has 3 rings (SSSR count). The molecule has 114 valence electrons. The molecule has 2 atom stereocenters. The third kappa shape index (κ3) is 3.10. The number of likely N-dealkylation sites (tertiary alicyclic amines) is 1. The maximum Gasteiger partial charge on any atom is 0.324 e. The monoisotopic (exact) mass is 350 g/mol. The molecule has 1 aliphatic heterocycles. The van der Waals surface area contributed by atoms with Crippen molar-refractivity contribution < 1.29 is 4.79 Å². The van der Waals surface area contributed by atoms with Gasteiger partial charge < -0.3 is 4.90 Å². The van der Waals surface area contributed by atoms with Crippen molar-refractivity contribution in [3.63, 3.8) is 0 Å². The summed E-state index contributed by atoms with van der Waals surface area (Å²) in [6.07, 6.45) is 7.61. The zero-order chi connectivity index (χ0) is 14.8. The van der Waals surface area contributed by atoms with Gasteiger partial charge in [-0.05, 0) is 49.4 Å². The molecule has 1 aliphatic carbocycles. The molecule has 1 aromatic carbocycles. The average Bonchev–Trinajstić information content (AvgIpc) is 2.75. The molecule has 1 saturated heterocycles. The van der Waals surface area contributed by atoms with Crippen molar-refractivity contribution in [1.29, 1.82) is 0 Å². The predicted molar refractivity (Wildman–Crippen MR) is 89.6 cm³/mol. The summed E-state index contributed by atoms with van der Waals surface area (Å²) in [6.45, 7) is 0.926. The fourth-order valence-electron chi connectivity index (χ4n) is 3.79. The fourth-order valence-corrected chi connectivity index (χ4v) is 4.05. The van der Waals surface area contributed by atoms with Gasteiger partial charge in [-0.3, -0.25) is 4.90 Å². The van der Waals surface area contributed by atoms with Gasteiger partial charge in [0.1, 0.15) is 0 Å². The number of benzene rings is 1. The largest absolute Gasteiger partial charge is 0.324 e. The summed E-state index contributed by atoms with van der Waals surface area (Å²) in [5, 5.41) is 0. The number of nitrogens with zero attached hydrogens (tertiary/aromatic N) is 2. The van der Waals surface area contributed by atoms with E-state index in [0.29, 0.717) is 6.04 Å². The van der Waals surface area contributed by atoms with E-state index >= 15 is 0 Å². The number of carbonyl (C=O) groups excluding carboxylic acids is 1. The first-order valence-corrected chi connectivity index (χ1v) is 8.76. The third-order valence-electron chi connectivity index (χ3n) is 5.01. The normalized spacial score (nSPS) is 25.3. The number of urea groups is 1. The van der Waals surface area contributed by atoms with Crippen LogP contribution in [0.1, 0.15) is 38.5 Å². The topological polar surface area (TPSA) is 23.6 Å². The molecular weight excluding hydrogens is 328 g/mol. The Labute approximate surface area is 135 Å². The van der Waals surface area contributed by atoms with Crippen LogP contribution in [0.25, 0.3) is 0 Å². The summed E-state index contributed by atoms with van der Waals surface area (Å²) in [5.74, 6) is 0.731. The molecule has 0 aromatic heterocycles. The number of hydrogen-bond acceptors (Lipinski definition) is 1. The number of hydrogen-bond donors (Lipinski definition) is 0. The summed E-state index contributed by atoms with van der Waals surface area (Å²) in [5.41, 5.74) is 0.959. The summed E-state index contributed by atoms with van der Waals surface area (Å²) in [4.78, 5) is 16.8. The minimum Gasteiger partial charge on any atom is -0.321 e. The molecule has 1 saturated carbocycles. The van der Waals surface area contributed by atoms with Crippen molar-refractivity contribution >= 4 is 27.6 Å². The maximum absolute atomic E-state index is 12.8. The quantitative estimate of drug-likeness (QED) is 0.722. The van der Waals surface area contributed by atoms with E-state index in [-0.39, 0.29) is 6.03 Å². The Morgan fingerprint density at radius 1 is 1.14 bits per heavy atom. The van der Waals surface area contributed by atoms with Crippen LogP contribution in [0.3, 0.4) is 0 Å². The van der Waals surface area contributed by atoms with Gasteiger partial charge in [0.15, 0.2) is 0 Å². The number of halogens is 1. The molecule has 2 amide bonds. The molecule has 0 spiro atoms. The fraction of sp³-hybridized carbons (Fsp3) is 0.588. The molecule has 0 radical (unpaired) electrons. The van der Waals surface area contributed by atoms with Crippen LogP contribution in [0.15, 0.2) is 28.7 Å². The summed E-state index contributed by atoms with van der Waals surface area (Å²) in [6, 6.07) is 8.57. The van der Waals surface area contributed by atoms with Gasteiger partial charge in [-0.2, -0.15) is 0 Å². The minimum atomic E-state index is 0.159. The van der Waals surface area contributed by atoms with Crippen molar-refractivity contribution in [2.75, 3.05) is 18.5 Å². The van der Waals surface area contributed by atoms with E-state index in [9.17, 15) is 4.79 Å². The highest BCUT2D eigenvalue weighted by atomic mass is 79.9. The van der Waals surface area contributed by atoms with Crippen molar-refractivity contribution in [1.82, 2.24) is 4.90 Å². The highest BCUT2D eigenvalue weighted by Crippen LogP contribution is 2.36. The first-order chi connectivity index (χ1) is 10.2. The van der Waals surface area contributed by atoms with E-state index in [1.165, 1.54) is 38.5 Å². The van der Waals surface area contributed by atoms with Gasteiger partial charge in [0.25, 0.3) is 0 Å². The van der Waals surface area contributed by atoms with Gasteiger partial charge in [-0.1, -0.05) is 35.2 Å². The molecule has 4 heteroatoms. The van der Waals surface area contributed by atoms with Crippen molar-refractivity contribution in [2.45, 2.75) is 44.6 Å². The zero-order valence-electron chi connectivity index (χ0n) is 12.6. The number of amides is 2. The van der Waals surface area contributed by atoms with Crippen LogP contribution >= 0.6 is 15.9 Å². The number of rotatable bonds is 1. The Morgan fingerprint density at radius 2 is 1.86 bits per heavy atom. The van der Waals surface area contributed by atoms with E-state index < -0.39 is 0 Å². The highest BCUT2D eigenvalue weighted by Gasteiger charge is 2.38. The molecule has 2 unspecified atom stereocenters. The second-order valence-electron chi connectivity index (χ2n) is 6.27. The molecule has 1 aromatic rings. The Balaban J connectivity index is 1.73. The Kier molecular flexibility index (Phi) is 4.53. The highest BCUT2D eigenvalue weighted by molar-refractivity contribution is 9.10. The number of carbonyl (C=O) groups is 1. The van der Waals surface area contributed by atoms with Crippen molar-refractivity contribution in [2.24, 2.45) is 5.92 Å². The number of anilines is 1. The Bertz CT molecular complexity index is 502. The maximum atomic E-state index is 12.8. The van der Waals surface area contributed by atoms with Crippen LogP contribution in [0.4, 0.5) is 10.5 Å². The van der Waals surface area contributed by atoms with Crippen LogP contribution in [0.2, 0.25) is 0 Å². The van der Waals surface area contributed by atoms with Crippen LogP contribution in [-0.2, 0) is 0 Å². The van der Waals surface area contributed by atoms with E-state index in [1.54, 1.807) is 4.90 Å². The third-order valence-corrected chi connectivity index (χ3v) is 5.54. The Hall–Kier alpha value is -1.03. The summed E-state index contributed by atoms with van der Waals surface area (Å²) in [7, 11) is 1.88. The molecule has 0 N–H and O–H groups in total. The van der Waals surface area contributed by atoms with Crippen LogP contribution in [0.5, 0.6) is 0 Å². The SMILES string of the molecule is CN(C(=O)N1CCC2CCCCCC21)c1ccc(Br)cc1. The molecule has 1 heterocycles. The van der Waals surface area contributed by atoms with Gasteiger partial charge >= 0.3 is 6.03 Å². The standard InChI is InChI=1S/C17H23BrN2O/c1-19(15-9-7-14(18)8-10-15)17(21)20-12-11-13-5-3-2-4-6-16(13)20/h7-10,13,16H,2-6,11-12H2,1H3. The second kappa shape index (κ2) is 6.39. The summed E-state index contributed by atoms with van der Waals surface area (Å²) < 4.78 is 1.04. The molecule has 2 aliphatic rings. The molecular formula is C17H23BrN2O. The molecule has 21 heavy (non-hydrogen) atoms. The van der Waals surface area contributed by atoms with Gasteiger partial charge in [0, 0.05) is 29.8 Å². The van der Waals surface area contributed by atoms with Crippen LogP contribution < -0.4 is 4.90 Å². The smallest absolute Gasteiger partial charge is 0.321 e. The van der Waals surface area contributed by atoms with E-state index in [2.05, 4.69) is 20.8 Å². The van der Waals surface area contributed by atoms with E-state index in [4.69, 9.17) is 0 Å². The lowest BCUT2D eigenvalue weighted by Gasteiger charge is -2.31.